The highest BCUT2D eigenvalue weighted by molar-refractivity contribution is 7.92. The van der Waals surface area contributed by atoms with E-state index in [1.165, 1.54) is 6.07 Å². The standard InChI is InChI=1S/C21H19F3N4OS/c1-3-30(26,29)18-11-13(20(12-25)8-9-20)4-6-15(18)19-27-16-10-14(21(22,23)24)5-7-17(16)28(19)2/h4-7,10-11,26H,3,8-9H2,1-2H3. The van der Waals surface area contributed by atoms with Crippen LogP contribution in [0, 0.1) is 16.1 Å². The summed E-state index contributed by atoms with van der Waals surface area (Å²) in [6.07, 6.45) is -3.06. The minimum atomic E-state index is -4.48. The number of rotatable bonds is 4. The number of halogens is 3. The molecule has 1 aromatic heterocycles. The quantitative estimate of drug-likeness (QED) is 0.612. The number of hydrogen-bond donors (Lipinski definition) is 1. The van der Waals surface area contributed by atoms with Crippen molar-refractivity contribution in [1.82, 2.24) is 9.55 Å². The van der Waals surface area contributed by atoms with Crippen molar-refractivity contribution >= 4 is 20.8 Å². The van der Waals surface area contributed by atoms with Crippen molar-refractivity contribution in [2.24, 2.45) is 7.05 Å². The van der Waals surface area contributed by atoms with E-state index in [0.717, 1.165) is 17.7 Å². The van der Waals surface area contributed by atoms with Crippen LogP contribution in [0.25, 0.3) is 22.4 Å². The summed E-state index contributed by atoms with van der Waals surface area (Å²) in [6, 6.07) is 10.7. The molecule has 4 rings (SSSR count). The highest BCUT2D eigenvalue weighted by Crippen LogP contribution is 2.48. The van der Waals surface area contributed by atoms with E-state index in [2.05, 4.69) is 11.1 Å². The molecule has 0 bridgehead atoms. The largest absolute Gasteiger partial charge is 0.416 e. The summed E-state index contributed by atoms with van der Waals surface area (Å²) in [5, 5.41) is 9.50. The fourth-order valence-corrected chi connectivity index (χ4v) is 4.78. The van der Waals surface area contributed by atoms with Gasteiger partial charge >= 0.3 is 6.18 Å². The van der Waals surface area contributed by atoms with Crippen molar-refractivity contribution < 1.29 is 17.4 Å². The third kappa shape index (κ3) is 3.16. The maximum atomic E-state index is 13.1. The molecule has 5 nitrogen and oxygen atoms in total. The van der Waals surface area contributed by atoms with Crippen molar-refractivity contribution in [1.29, 1.82) is 10.0 Å². The normalized spacial score (nSPS) is 17.5. The molecule has 0 saturated heterocycles. The van der Waals surface area contributed by atoms with Crippen LogP contribution >= 0.6 is 0 Å². The Morgan fingerprint density at radius 3 is 2.53 bits per heavy atom. The monoisotopic (exact) mass is 432 g/mol. The molecule has 9 heteroatoms. The number of aryl methyl sites for hydroxylation is 1. The van der Waals surface area contributed by atoms with Gasteiger partial charge in [0.05, 0.1) is 42.7 Å². The summed E-state index contributed by atoms with van der Waals surface area (Å²) in [4.78, 5) is 4.64. The Morgan fingerprint density at radius 2 is 1.97 bits per heavy atom. The predicted molar refractivity (Wildman–Crippen MR) is 107 cm³/mol. The lowest BCUT2D eigenvalue weighted by atomic mass is 9.96. The van der Waals surface area contributed by atoms with E-state index in [1.54, 1.807) is 36.7 Å². The summed E-state index contributed by atoms with van der Waals surface area (Å²) < 4.78 is 62.3. The first-order valence-corrected chi connectivity index (χ1v) is 11.1. The van der Waals surface area contributed by atoms with Gasteiger partial charge in [0.2, 0.25) is 0 Å². The summed E-state index contributed by atoms with van der Waals surface area (Å²) in [7, 11) is -1.50. The molecular weight excluding hydrogens is 413 g/mol. The zero-order valence-corrected chi connectivity index (χ0v) is 17.2. The second-order valence-corrected chi connectivity index (χ2v) is 9.93. The SMILES string of the molecule is CCS(=N)(=O)c1cc(C2(C#N)CC2)ccc1-c1nc2cc(C(F)(F)F)ccc2n1C. The van der Waals surface area contributed by atoms with Gasteiger partial charge in [-0.15, -0.1) is 0 Å². The molecule has 1 atom stereocenters. The van der Waals surface area contributed by atoms with Gasteiger partial charge in [0.25, 0.3) is 0 Å². The van der Waals surface area contributed by atoms with Crippen molar-refractivity contribution in [3.8, 4) is 17.5 Å². The molecule has 1 aliphatic carbocycles. The third-order valence-electron chi connectivity index (χ3n) is 5.71. The molecule has 0 spiro atoms. The molecule has 0 aliphatic heterocycles. The molecule has 2 aromatic carbocycles. The average Bonchev–Trinajstić information content (AvgIpc) is 3.45. The van der Waals surface area contributed by atoms with Gasteiger partial charge in [-0.2, -0.15) is 18.4 Å². The second-order valence-electron chi connectivity index (χ2n) is 7.56. The predicted octanol–water partition coefficient (Wildman–Crippen LogP) is 5.24. The average molecular weight is 432 g/mol. The minimum Gasteiger partial charge on any atom is -0.327 e. The molecule has 1 aliphatic rings. The van der Waals surface area contributed by atoms with Gasteiger partial charge in [-0.3, -0.25) is 0 Å². The van der Waals surface area contributed by atoms with Crippen molar-refractivity contribution in [2.75, 3.05) is 5.75 Å². The highest BCUT2D eigenvalue weighted by Gasteiger charge is 2.45. The molecule has 0 radical (unpaired) electrons. The fourth-order valence-electron chi connectivity index (χ4n) is 3.64. The Balaban J connectivity index is 1.95. The van der Waals surface area contributed by atoms with Gasteiger partial charge in [0, 0.05) is 18.4 Å². The molecule has 1 fully saturated rings. The summed E-state index contributed by atoms with van der Waals surface area (Å²) in [6.45, 7) is 1.65. The molecule has 1 saturated carbocycles. The Bertz CT molecular complexity index is 1310. The molecule has 3 aromatic rings. The number of nitrogens with zero attached hydrogens (tertiary/aromatic N) is 3. The van der Waals surface area contributed by atoms with Crippen LogP contribution in [0.5, 0.6) is 0 Å². The second kappa shape index (κ2) is 6.57. The first kappa shape index (κ1) is 20.4. The number of nitriles is 1. The molecule has 0 amide bonds. The maximum Gasteiger partial charge on any atom is 0.416 e. The Labute approximate surface area is 172 Å². The smallest absolute Gasteiger partial charge is 0.327 e. The van der Waals surface area contributed by atoms with Crippen molar-refractivity contribution in [3.63, 3.8) is 0 Å². The number of aromatic nitrogens is 2. The third-order valence-corrected chi connectivity index (χ3v) is 7.57. The first-order valence-electron chi connectivity index (χ1n) is 9.39. The van der Waals surface area contributed by atoms with Crippen molar-refractivity contribution in [3.05, 3.63) is 47.5 Å². The highest BCUT2D eigenvalue weighted by atomic mass is 32.2. The molecule has 30 heavy (non-hydrogen) atoms. The number of hydrogen-bond acceptors (Lipinski definition) is 4. The number of fused-ring (bicyclic) bond motifs is 1. The zero-order chi connectivity index (χ0) is 21.9. The van der Waals surface area contributed by atoms with Gasteiger partial charge in [0.1, 0.15) is 5.82 Å². The molecule has 1 heterocycles. The number of alkyl halides is 3. The topological polar surface area (TPSA) is 82.5 Å². The Hall–Kier alpha value is -2.86. The molecular formula is C21H19F3N4OS. The van der Waals surface area contributed by atoms with Crippen LogP contribution in [-0.4, -0.2) is 19.5 Å². The van der Waals surface area contributed by atoms with Gasteiger partial charge < -0.3 is 4.57 Å². The van der Waals surface area contributed by atoms with Crippen molar-refractivity contribution in [2.45, 2.75) is 36.3 Å². The van der Waals surface area contributed by atoms with Crippen LogP contribution in [-0.2, 0) is 28.4 Å². The number of benzene rings is 2. The molecule has 156 valence electrons. The van der Waals surface area contributed by atoms with E-state index in [4.69, 9.17) is 4.78 Å². The first-order chi connectivity index (χ1) is 14.0. The van der Waals surface area contributed by atoms with E-state index in [0.29, 0.717) is 29.7 Å². The number of imidazole rings is 1. The van der Waals surface area contributed by atoms with E-state index < -0.39 is 26.9 Å². The van der Waals surface area contributed by atoms with E-state index in [1.807, 2.05) is 0 Å². The lowest BCUT2D eigenvalue weighted by Crippen LogP contribution is -2.10. The summed E-state index contributed by atoms with van der Waals surface area (Å²) in [5.74, 6) is 0.409. The Kier molecular flexibility index (Phi) is 4.47. The molecule has 1 N–H and O–H groups in total. The van der Waals surface area contributed by atoms with E-state index in [-0.39, 0.29) is 16.2 Å². The van der Waals surface area contributed by atoms with Gasteiger partial charge in [-0.05, 0) is 48.7 Å². The van der Waals surface area contributed by atoms with Gasteiger partial charge in [0.15, 0.2) is 0 Å². The van der Waals surface area contributed by atoms with Crippen LogP contribution in [0.2, 0.25) is 0 Å². The summed E-state index contributed by atoms with van der Waals surface area (Å²) >= 11 is 0. The molecule has 1 unspecified atom stereocenters. The minimum absolute atomic E-state index is 0.0746. The van der Waals surface area contributed by atoms with Crippen LogP contribution < -0.4 is 0 Å². The van der Waals surface area contributed by atoms with Gasteiger partial charge in [-0.1, -0.05) is 13.0 Å². The summed E-state index contributed by atoms with van der Waals surface area (Å²) in [5.41, 5.74) is 0.414. The van der Waals surface area contributed by atoms with Crippen LogP contribution in [0.3, 0.4) is 0 Å². The van der Waals surface area contributed by atoms with E-state index in [9.17, 15) is 22.6 Å². The zero-order valence-electron chi connectivity index (χ0n) is 16.4. The van der Waals surface area contributed by atoms with Crippen LogP contribution in [0.15, 0.2) is 41.3 Å². The number of nitrogens with one attached hydrogen (secondary N) is 1. The lowest BCUT2D eigenvalue weighted by Gasteiger charge is -2.15. The maximum absolute atomic E-state index is 13.1. The fraction of sp³-hybridized carbons (Fsp3) is 0.333. The van der Waals surface area contributed by atoms with Crippen LogP contribution in [0.4, 0.5) is 13.2 Å². The van der Waals surface area contributed by atoms with Gasteiger partial charge in [-0.25, -0.2) is 14.0 Å². The van der Waals surface area contributed by atoms with E-state index >= 15 is 0 Å². The van der Waals surface area contributed by atoms with Crippen LogP contribution in [0.1, 0.15) is 30.9 Å². The lowest BCUT2D eigenvalue weighted by molar-refractivity contribution is -0.137. The Morgan fingerprint density at radius 1 is 1.27 bits per heavy atom.